The van der Waals surface area contributed by atoms with E-state index >= 15 is 0 Å². The van der Waals surface area contributed by atoms with E-state index in [0.717, 1.165) is 12.8 Å². The van der Waals surface area contributed by atoms with Crippen LogP contribution >= 0.6 is 0 Å². The number of nitrogens with two attached hydrogens (primary N) is 1. The Bertz CT molecular complexity index is 637. The molecule has 108 valence electrons. The van der Waals surface area contributed by atoms with Gasteiger partial charge in [0.25, 0.3) is 0 Å². The lowest BCUT2D eigenvalue weighted by Gasteiger charge is -2.28. The molecule has 0 amide bonds. The molecule has 0 unspecified atom stereocenters. The summed E-state index contributed by atoms with van der Waals surface area (Å²) in [6.45, 7) is 0. The molecule has 2 atom stereocenters. The molecule has 0 bridgehead atoms. The number of rotatable bonds is 3. The number of hydrogen-bond acceptors (Lipinski definition) is 5. The number of benzene rings is 1. The molecule has 2 rings (SSSR count). The standard InChI is InChI=1S/C13H17N3O3S/c14-8-9-5-6-13(10(15)7-9)20(18,19)16-11-3-1-2-4-12(11)17/h5-7,11-12,16-17H,1-4,15H2/t11-,12-/m0/s1. The van der Waals surface area contributed by atoms with Gasteiger partial charge in [0.05, 0.1) is 23.4 Å². The lowest BCUT2D eigenvalue weighted by molar-refractivity contribution is 0.101. The fourth-order valence-electron chi connectivity index (χ4n) is 2.37. The molecular formula is C13H17N3O3S. The van der Waals surface area contributed by atoms with Crippen LogP contribution in [0.5, 0.6) is 0 Å². The molecule has 1 aromatic rings. The van der Waals surface area contributed by atoms with Gasteiger partial charge in [0.2, 0.25) is 10.0 Å². The van der Waals surface area contributed by atoms with Gasteiger partial charge in [0, 0.05) is 6.04 Å². The first-order chi connectivity index (χ1) is 9.44. The Morgan fingerprint density at radius 2 is 2.05 bits per heavy atom. The number of nitrogen functional groups attached to an aromatic ring is 1. The first-order valence-corrected chi connectivity index (χ1v) is 7.92. The fraction of sp³-hybridized carbons (Fsp3) is 0.462. The average molecular weight is 295 g/mol. The van der Waals surface area contributed by atoms with Crippen LogP contribution < -0.4 is 10.5 Å². The SMILES string of the molecule is N#Cc1ccc(S(=O)(=O)N[C@H]2CCCC[C@@H]2O)c(N)c1. The van der Waals surface area contributed by atoms with Gasteiger partial charge in [-0.3, -0.25) is 0 Å². The molecule has 4 N–H and O–H groups in total. The number of anilines is 1. The van der Waals surface area contributed by atoms with Crippen molar-refractivity contribution < 1.29 is 13.5 Å². The molecule has 1 saturated carbocycles. The number of aliphatic hydroxyl groups excluding tert-OH is 1. The zero-order valence-electron chi connectivity index (χ0n) is 10.9. The molecule has 0 aromatic heterocycles. The Hall–Kier alpha value is -1.62. The first kappa shape index (κ1) is 14.8. The normalized spacial score (nSPS) is 23.2. The Balaban J connectivity index is 2.24. The molecule has 0 saturated heterocycles. The van der Waals surface area contributed by atoms with E-state index in [1.807, 2.05) is 6.07 Å². The molecule has 0 heterocycles. The highest BCUT2D eigenvalue weighted by atomic mass is 32.2. The minimum atomic E-state index is -3.79. The van der Waals surface area contributed by atoms with Crippen LogP contribution in [0.2, 0.25) is 0 Å². The van der Waals surface area contributed by atoms with Crippen molar-refractivity contribution >= 4 is 15.7 Å². The third kappa shape index (κ3) is 3.10. The van der Waals surface area contributed by atoms with Crippen molar-refractivity contribution in [3.05, 3.63) is 23.8 Å². The monoisotopic (exact) mass is 295 g/mol. The van der Waals surface area contributed by atoms with Crippen molar-refractivity contribution in [1.82, 2.24) is 4.72 Å². The minimum Gasteiger partial charge on any atom is -0.398 e. The number of nitrogens with one attached hydrogen (secondary N) is 1. The van der Waals surface area contributed by atoms with Crippen LogP contribution in [0.4, 0.5) is 5.69 Å². The summed E-state index contributed by atoms with van der Waals surface area (Å²) in [5.41, 5.74) is 6.02. The van der Waals surface area contributed by atoms with Crippen molar-refractivity contribution in [2.75, 3.05) is 5.73 Å². The molecule has 6 nitrogen and oxygen atoms in total. The van der Waals surface area contributed by atoms with Crippen LogP contribution in [0.15, 0.2) is 23.1 Å². The zero-order chi connectivity index (χ0) is 14.8. The highest BCUT2D eigenvalue weighted by Gasteiger charge is 2.29. The maximum atomic E-state index is 12.3. The number of sulfonamides is 1. The molecule has 1 aliphatic rings. The third-order valence-electron chi connectivity index (χ3n) is 3.46. The second-order valence-corrected chi connectivity index (χ2v) is 6.63. The van der Waals surface area contributed by atoms with Crippen molar-refractivity contribution in [1.29, 1.82) is 5.26 Å². The zero-order valence-corrected chi connectivity index (χ0v) is 11.7. The van der Waals surface area contributed by atoms with Crippen LogP contribution in [0.25, 0.3) is 0 Å². The van der Waals surface area contributed by atoms with Gasteiger partial charge in [-0.25, -0.2) is 13.1 Å². The van der Waals surface area contributed by atoms with E-state index in [2.05, 4.69) is 4.72 Å². The van der Waals surface area contributed by atoms with Gasteiger partial charge in [0.15, 0.2) is 0 Å². The number of aliphatic hydroxyl groups is 1. The second kappa shape index (κ2) is 5.79. The Morgan fingerprint density at radius 1 is 1.35 bits per heavy atom. The van der Waals surface area contributed by atoms with Gasteiger partial charge >= 0.3 is 0 Å². The summed E-state index contributed by atoms with van der Waals surface area (Å²) in [5.74, 6) is 0. The predicted molar refractivity (Wildman–Crippen MR) is 74.2 cm³/mol. The molecule has 1 aromatic carbocycles. The Morgan fingerprint density at radius 3 is 2.65 bits per heavy atom. The summed E-state index contributed by atoms with van der Waals surface area (Å²) in [5, 5.41) is 18.6. The highest BCUT2D eigenvalue weighted by Crippen LogP contribution is 2.23. The molecule has 0 spiro atoms. The fourth-order valence-corrected chi connectivity index (χ4v) is 3.79. The summed E-state index contributed by atoms with van der Waals surface area (Å²) in [6.07, 6.45) is 2.32. The smallest absolute Gasteiger partial charge is 0.242 e. The number of hydrogen-bond donors (Lipinski definition) is 3. The van der Waals surface area contributed by atoms with Crippen molar-refractivity contribution in [3.8, 4) is 6.07 Å². The largest absolute Gasteiger partial charge is 0.398 e. The summed E-state index contributed by atoms with van der Waals surface area (Å²) >= 11 is 0. The van der Waals surface area contributed by atoms with Crippen LogP contribution in [0, 0.1) is 11.3 Å². The second-order valence-electron chi connectivity index (χ2n) is 4.94. The number of nitrogens with zero attached hydrogens (tertiary/aromatic N) is 1. The molecular weight excluding hydrogens is 278 g/mol. The van der Waals surface area contributed by atoms with Crippen LogP contribution in [-0.4, -0.2) is 25.7 Å². The molecule has 20 heavy (non-hydrogen) atoms. The first-order valence-electron chi connectivity index (χ1n) is 6.44. The third-order valence-corrected chi connectivity index (χ3v) is 5.03. The maximum absolute atomic E-state index is 12.3. The van der Waals surface area contributed by atoms with E-state index in [4.69, 9.17) is 11.0 Å². The Kier molecular flexibility index (Phi) is 4.28. The van der Waals surface area contributed by atoms with Crippen molar-refractivity contribution in [2.24, 2.45) is 0 Å². The summed E-state index contributed by atoms with van der Waals surface area (Å²) in [6, 6.07) is 5.46. The van der Waals surface area contributed by atoms with E-state index in [0.29, 0.717) is 18.4 Å². The summed E-state index contributed by atoms with van der Waals surface area (Å²) in [4.78, 5) is -0.0609. The van der Waals surface area contributed by atoms with Crippen LogP contribution in [-0.2, 0) is 10.0 Å². The molecule has 7 heteroatoms. The van der Waals surface area contributed by atoms with Crippen LogP contribution in [0.1, 0.15) is 31.2 Å². The van der Waals surface area contributed by atoms with E-state index in [1.165, 1.54) is 18.2 Å². The van der Waals surface area contributed by atoms with E-state index in [1.54, 1.807) is 0 Å². The van der Waals surface area contributed by atoms with E-state index < -0.39 is 22.2 Å². The maximum Gasteiger partial charge on any atom is 0.242 e. The molecule has 0 aliphatic heterocycles. The minimum absolute atomic E-state index is 0.0295. The van der Waals surface area contributed by atoms with Gasteiger partial charge in [-0.1, -0.05) is 12.8 Å². The van der Waals surface area contributed by atoms with Gasteiger partial charge < -0.3 is 10.8 Å². The van der Waals surface area contributed by atoms with E-state index in [9.17, 15) is 13.5 Å². The lowest BCUT2D eigenvalue weighted by Crippen LogP contribution is -2.45. The van der Waals surface area contributed by atoms with E-state index in [-0.39, 0.29) is 10.6 Å². The molecule has 1 fully saturated rings. The van der Waals surface area contributed by atoms with Crippen molar-refractivity contribution in [2.45, 2.75) is 42.7 Å². The van der Waals surface area contributed by atoms with Gasteiger partial charge in [-0.05, 0) is 31.0 Å². The quantitative estimate of drug-likeness (QED) is 0.710. The topological polar surface area (TPSA) is 116 Å². The molecule has 1 aliphatic carbocycles. The highest BCUT2D eigenvalue weighted by molar-refractivity contribution is 7.89. The predicted octanol–water partition coefficient (Wildman–Crippen LogP) is 0.722. The Labute approximate surface area is 118 Å². The molecule has 0 radical (unpaired) electrons. The van der Waals surface area contributed by atoms with Crippen molar-refractivity contribution in [3.63, 3.8) is 0 Å². The summed E-state index contributed by atoms with van der Waals surface area (Å²) < 4.78 is 27.1. The van der Waals surface area contributed by atoms with Gasteiger partial charge in [0.1, 0.15) is 4.90 Å². The van der Waals surface area contributed by atoms with Gasteiger partial charge in [-0.2, -0.15) is 5.26 Å². The summed E-state index contributed by atoms with van der Waals surface area (Å²) in [7, 11) is -3.79. The number of nitriles is 1. The lowest BCUT2D eigenvalue weighted by atomic mass is 9.93. The average Bonchev–Trinajstić information content (AvgIpc) is 2.40. The van der Waals surface area contributed by atoms with Crippen LogP contribution in [0.3, 0.4) is 0 Å². The van der Waals surface area contributed by atoms with Gasteiger partial charge in [-0.15, -0.1) is 0 Å².